The molecule has 0 aliphatic carbocycles. The molecule has 0 saturated heterocycles. The molecule has 0 radical (unpaired) electrons. The van der Waals surface area contributed by atoms with Crippen LogP contribution in [0.4, 0.5) is 11.5 Å². The van der Waals surface area contributed by atoms with E-state index in [0.717, 1.165) is 39.7 Å². The van der Waals surface area contributed by atoms with E-state index in [2.05, 4.69) is 52.2 Å². The summed E-state index contributed by atoms with van der Waals surface area (Å²) in [5, 5.41) is 17.5. The molecule has 0 fully saturated rings. The van der Waals surface area contributed by atoms with Gasteiger partial charge >= 0.3 is 5.84 Å². The molecule has 1 aliphatic rings. The van der Waals surface area contributed by atoms with E-state index in [1.165, 1.54) is 5.57 Å². The van der Waals surface area contributed by atoms with Crippen LogP contribution >= 0.6 is 0 Å². The number of nitrogens with zero attached hydrogens (tertiary/aromatic N) is 4. The molecule has 7 heteroatoms. The highest BCUT2D eigenvalue weighted by Crippen LogP contribution is 2.33. The van der Waals surface area contributed by atoms with Gasteiger partial charge in [0, 0.05) is 12.1 Å². The number of aliphatic hydroxyl groups excluding tert-OH is 1. The summed E-state index contributed by atoms with van der Waals surface area (Å²) < 4.78 is 3.90. The van der Waals surface area contributed by atoms with Crippen molar-refractivity contribution in [3.63, 3.8) is 0 Å². The topological polar surface area (TPSA) is 66.3 Å². The van der Waals surface area contributed by atoms with E-state index in [-0.39, 0.29) is 23.6 Å². The van der Waals surface area contributed by atoms with Crippen LogP contribution in [0.2, 0.25) is 0 Å². The van der Waals surface area contributed by atoms with Gasteiger partial charge < -0.3 is 27.4 Å². The first-order chi connectivity index (χ1) is 16.3. The normalized spacial score (nSPS) is 13.6. The molecule has 0 spiro atoms. The second kappa shape index (κ2) is 10.6. The van der Waals surface area contributed by atoms with E-state index >= 15 is 0 Å². The molecule has 0 saturated carbocycles. The molecule has 2 aromatic carbocycles. The SMILES string of the molecule is CC1=C(c2ccccc2)C(=Nc2cnn(CCO)c2NCc2ccccc2)[n+]2ccccc21.[Br-]. The number of nitrogens with one attached hydrogen (secondary N) is 1. The summed E-state index contributed by atoms with van der Waals surface area (Å²) >= 11 is 0. The van der Waals surface area contributed by atoms with Crippen molar-refractivity contribution in [1.82, 2.24) is 9.78 Å². The number of allylic oxidation sites excluding steroid dienone is 2. The van der Waals surface area contributed by atoms with Crippen molar-refractivity contribution < 1.29 is 26.7 Å². The van der Waals surface area contributed by atoms with Gasteiger partial charge in [0.2, 0.25) is 5.69 Å². The average molecular weight is 516 g/mol. The van der Waals surface area contributed by atoms with Crippen LogP contribution in [0, 0.1) is 0 Å². The monoisotopic (exact) mass is 515 g/mol. The lowest BCUT2D eigenvalue weighted by Gasteiger charge is -2.09. The molecule has 2 N–H and O–H groups in total. The van der Waals surface area contributed by atoms with E-state index in [9.17, 15) is 5.11 Å². The van der Waals surface area contributed by atoms with Gasteiger partial charge in [-0.2, -0.15) is 9.67 Å². The molecule has 3 heterocycles. The van der Waals surface area contributed by atoms with Crippen molar-refractivity contribution in [3.05, 3.63) is 108 Å². The molecule has 34 heavy (non-hydrogen) atoms. The maximum Gasteiger partial charge on any atom is 0.337 e. The fourth-order valence-corrected chi connectivity index (χ4v) is 4.21. The maximum absolute atomic E-state index is 9.54. The molecule has 0 amide bonds. The third-order valence-corrected chi connectivity index (χ3v) is 5.79. The van der Waals surface area contributed by atoms with Crippen LogP contribution in [0.3, 0.4) is 0 Å². The van der Waals surface area contributed by atoms with E-state index < -0.39 is 0 Å². The Bertz CT molecular complexity index is 1330. The van der Waals surface area contributed by atoms with Crippen LogP contribution in [-0.4, -0.2) is 27.3 Å². The third kappa shape index (κ3) is 4.58. The highest BCUT2D eigenvalue weighted by Gasteiger charge is 2.34. The second-order valence-corrected chi connectivity index (χ2v) is 7.92. The molecule has 4 aromatic rings. The van der Waals surface area contributed by atoms with Crippen LogP contribution in [0.5, 0.6) is 0 Å². The van der Waals surface area contributed by atoms with Gasteiger partial charge in [-0.15, -0.1) is 0 Å². The molecule has 0 atom stereocenters. The Morgan fingerprint density at radius 1 is 0.971 bits per heavy atom. The van der Waals surface area contributed by atoms with Crippen molar-refractivity contribution >= 4 is 28.5 Å². The van der Waals surface area contributed by atoms with Crippen LogP contribution in [0.25, 0.3) is 11.1 Å². The smallest absolute Gasteiger partial charge is 0.337 e. The number of hydrogen-bond donors (Lipinski definition) is 2. The minimum absolute atomic E-state index is 0. The van der Waals surface area contributed by atoms with Crippen molar-refractivity contribution in [1.29, 1.82) is 0 Å². The van der Waals surface area contributed by atoms with Crippen LogP contribution in [0.1, 0.15) is 23.7 Å². The second-order valence-electron chi connectivity index (χ2n) is 7.92. The zero-order valence-electron chi connectivity index (χ0n) is 18.9. The summed E-state index contributed by atoms with van der Waals surface area (Å²) in [6, 6.07) is 26.7. The van der Waals surface area contributed by atoms with Gasteiger partial charge in [0.25, 0.3) is 0 Å². The molecule has 0 unspecified atom stereocenters. The predicted octanol–water partition coefficient (Wildman–Crippen LogP) is 1.30. The van der Waals surface area contributed by atoms with E-state index in [1.54, 1.807) is 10.9 Å². The summed E-state index contributed by atoms with van der Waals surface area (Å²) in [6.45, 7) is 3.18. The van der Waals surface area contributed by atoms with Crippen molar-refractivity contribution in [2.75, 3.05) is 11.9 Å². The molecule has 0 bridgehead atoms. The fourth-order valence-electron chi connectivity index (χ4n) is 4.21. The zero-order chi connectivity index (χ0) is 22.6. The number of benzene rings is 2. The minimum Gasteiger partial charge on any atom is -1.00 e. The number of aliphatic hydroxyl groups is 1. The number of aromatic nitrogens is 3. The van der Waals surface area contributed by atoms with E-state index in [1.807, 2.05) is 54.7 Å². The average Bonchev–Trinajstić information content (AvgIpc) is 3.37. The Labute approximate surface area is 209 Å². The number of pyridine rings is 1. The fraction of sp³-hybridized carbons (Fsp3) is 0.148. The summed E-state index contributed by atoms with van der Waals surface area (Å²) in [7, 11) is 0. The summed E-state index contributed by atoms with van der Waals surface area (Å²) in [5.41, 5.74) is 6.43. The summed E-state index contributed by atoms with van der Waals surface area (Å²) in [5.74, 6) is 1.65. The number of rotatable bonds is 7. The Morgan fingerprint density at radius 3 is 2.41 bits per heavy atom. The van der Waals surface area contributed by atoms with Gasteiger partial charge in [0.1, 0.15) is 11.9 Å². The van der Waals surface area contributed by atoms with Crippen LogP contribution in [0.15, 0.2) is 96.2 Å². The van der Waals surface area contributed by atoms with Crippen molar-refractivity contribution in [3.8, 4) is 0 Å². The number of halogens is 1. The quantitative estimate of drug-likeness (QED) is 0.364. The van der Waals surface area contributed by atoms with Crippen LogP contribution < -0.4 is 26.9 Å². The van der Waals surface area contributed by atoms with Crippen LogP contribution in [-0.2, 0) is 13.1 Å². The van der Waals surface area contributed by atoms with E-state index in [0.29, 0.717) is 13.1 Å². The number of aliphatic imine (C=N–C) groups is 1. The number of hydrogen-bond acceptors (Lipinski definition) is 4. The van der Waals surface area contributed by atoms with Crippen molar-refractivity contribution in [2.24, 2.45) is 4.99 Å². The first-order valence-electron chi connectivity index (χ1n) is 11.1. The summed E-state index contributed by atoms with van der Waals surface area (Å²) in [4.78, 5) is 5.12. The molecular formula is C27H26BrN5O. The lowest BCUT2D eigenvalue weighted by Crippen LogP contribution is -3.00. The number of fused-ring (bicyclic) bond motifs is 1. The molecule has 172 valence electrons. The predicted molar refractivity (Wildman–Crippen MR) is 131 cm³/mol. The Kier molecular flexibility index (Phi) is 7.35. The maximum atomic E-state index is 9.54. The highest BCUT2D eigenvalue weighted by molar-refractivity contribution is 6.28. The van der Waals surface area contributed by atoms with Gasteiger partial charge in [-0.25, -0.2) is 4.68 Å². The minimum atomic E-state index is 0. The van der Waals surface area contributed by atoms with Gasteiger partial charge in [0.15, 0.2) is 5.82 Å². The molecule has 6 nitrogen and oxygen atoms in total. The zero-order valence-corrected chi connectivity index (χ0v) is 20.5. The first-order valence-corrected chi connectivity index (χ1v) is 11.1. The van der Waals surface area contributed by atoms with E-state index in [4.69, 9.17) is 4.99 Å². The lowest BCUT2D eigenvalue weighted by molar-refractivity contribution is -0.553. The third-order valence-electron chi connectivity index (χ3n) is 5.79. The molecule has 5 rings (SSSR count). The lowest BCUT2D eigenvalue weighted by atomic mass is 10.0. The largest absolute Gasteiger partial charge is 1.00 e. The molecular weight excluding hydrogens is 490 g/mol. The highest BCUT2D eigenvalue weighted by atomic mass is 79.9. The Balaban J connectivity index is 0.00000274. The number of anilines is 1. The first kappa shape index (κ1) is 23.6. The van der Waals surface area contributed by atoms with Gasteiger partial charge in [0.05, 0.1) is 24.9 Å². The van der Waals surface area contributed by atoms with Gasteiger partial charge in [-0.05, 0) is 35.2 Å². The molecule has 1 aliphatic heterocycles. The standard InChI is InChI=1S/C27H25N5O.BrH/c1-20-24-14-8-9-15-31(24)27(25(20)22-12-6-3-7-13-22)30-23-19-29-32(16-17-33)26(23)28-18-21-10-4-2-5-11-21;/h2-15,19,33H,16-18H2,1H3;1H. The van der Waals surface area contributed by atoms with Gasteiger partial charge in [-0.3, -0.25) is 0 Å². The van der Waals surface area contributed by atoms with Gasteiger partial charge in [-0.1, -0.05) is 66.7 Å². The Hall–Kier alpha value is -3.55. The van der Waals surface area contributed by atoms with Crippen molar-refractivity contribution in [2.45, 2.75) is 20.0 Å². The summed E-state index contributed by atoms with van der Waals surface area (Å²) in [6.07, 6.45) is 3.80. The Morgan fingerprint density at radius 2 is 1.68 bits per heavy atom. The molecule has 2 aromatic heterocycles.